The number of aromatic hydroxyl groups is 1. The lowest BCUT2D eigenvalue weighted by atomic mass is 9.95. The van der Waals surface area contributed by atoms with Gasteiger partial charge in [-0.15, -0.1) is 34.8 Å². The van der Waals surface area contributed by atoms with Gasteiger partial charge in [0.25, 0.3) is 0 Å². The number of anilines is 3. The van der Waals surface area contributed by atoms with Crippen LogP contribution in [-0.2, 0) is 63.1 Å². The molecule has 2 N–H and O–H groups in total. The molecule has 0 saturated carbocycles. The smallest absolute Gasteiger partial charge is 0.507 e. The third kappa shape index (κ3) is 17.3. The van der Waals surface area contributed by atoms with Gasteiger partial charge in [-0.05, 0) is 96.6 Å². The third-order valence-electron chi connectivity index (χ3n) is 16.4. The molecule has 510 valence electrons. The van der Waals surface area contributed by atoms with Gasteiger partial charge in [-0.1, -0.05) is 194 Å². The number of phosphoric ester groups is 2. The van der Waals surface area contributed by atoms with Crippen LogP contribution in [0.25, 0.3) is 32.3 Å². The lowest BCUT2D eigenvalue weighted by molar-refractivity contribution is 0.0571. The van der Waals surface area contributed by atoms with Crippen molar-refractivity contribution in [3.05, 3.63) is 251 Å². The second-order valence-corrected chi connectivity index (χ2v) is 30.0. The van der Waals surface area contributed by atoms with Gasteiger partial charge in [-0.3, -0.25) is 27.9 Å². The number of carbonyl (C=O) groups is 2. The Bertz CT molecular complexity index is 4430. The minimum absolute atomic E-state index is 0.0182. The van der Waals surface area contributed by atoms with Crippen LogP contribution >= 0.6 is 50.4 Å². The lowest BCUT2D eigenvalue weighted by Crippen LogP contribution is -2.36. The molecule has 13 rings (SSSR count). The van der Waals surface area contributed by atoms with Crippen LogP contribution in [0.4, 0.5) is 26.7 Å². The number of hydrogen-bond acceptors (Lipinski definition) is 14. The molecule has 98 heavy (non-hydrogen) atoms. The Balaban J connectivity index is 0.000000154. The molecule has 3 aliphatic heterocycles. The van der Waals surface area contributed by atoms with Gasteiger partial charge in [-0.25, -0.2) is 18.7 Å². The zero-order valence-electron chi connectivity index (χ0n) is 55.3. The first-order chi connectivity index (χ1) is 47.1. The number of amides is 2. The molecule has 10 aromatic carbocycles. The van der Waals surface area contributed by atoms with E-state index < -0.39 is 39.0 Å². The van der Waals surface area contributed by atoms with Crippen molar-refractivity contribution in [3.8, 4) is 17.2 Å². The maximum absolute atomic E-state index is 14.2. The Labute approximate surface area is 586 Å². The monoisotopic (exact) mass is 1420 g/mol. The fourth-order valence-electron chi connectivity index (χ4n) is 12.0. The summed E-state index contributed by atoms with van der Waals surface area (Å²) in [6.45, 7) is 12.8. The van der Waals surface area contributed by atoms with E-state index in [-0.39, 0.29) is 55.7 Å². The summed E-state index contributed by atoms with van der Waals surface area (Å²) in [5.41, 5.74) is 7.41. The highest BCUT2D eigenvalue weighted by Gasteiger charge is 2.40. The van der Waals surface area contributed by atoms with E-state index in [1.807, 2.05) is 242 Å². The number of rotatable bonds is 19. The predicted molar refractivity (Wildman–Crippen MR) is 391 cm³/mol. The van der Waals surface area contributed by atoms with Crippen LogP contribution in [0.2, 0.25) is 0 Å². The molecule has 0 radical (unpaired) electrons. The summed E-state index contributed by atoms with van der Waals surface area (Å²) < 4.78 is 74.9. The molecule has 0 aliphatic carbocycles. The third-order valence-corrected chi connectivity index (χ3v) is 20.1. The number of carbonyl (C=O) groups excluding carboxylic acids is 2. The predicted octanol–water partition coefficient (Wildman–Crippen LogP) is 21.0. The molecule has 0 fully saturated rings. The zero-order chi connectivity index (χ0) is 69.2. The van der Waals surface area contributed by atoms with Crippen molar-refractivity contribution in [2.45, 2.75) is 96.9 Å². The molecule has 0 bridgehead atoms. The number of nitrogens with zero attached hydrogens (tertiary/aromatic N) is 2. The fraction of sp³-hybridized carbons (Fsp3) is 0.273. The molecule has 3 heterocycles. The number of halogens is 3. The minimum Gasteiger partial charge on any atom is -0.507 e. The van der Waals surface area contributed by atoms with Crippen molar-refractivity contribution in [3.63, 3.8) is 0 Å². The number of ether oxygens (including phenoxy) is 2. The van der Waals surface area contributed by atoms with E-state index in [0.29, 0.717) is 53.2 Å². The highest BCUT2D eigenvalue weighted by atomic mass is 35.5. The van der Waals surface area contributed by atoms with Gasteiger partial charge < -0.3 is 28.9 Å². The topological polar surface area (TPSA) is 181 Å². The fourth-order valence-corrected chi connectivity index (χ4v) is 15.1. The summed E-state index contributed by atoms with van der Waals surface area (Å²) in [5, 5.41) is 18.8. The van der Waals surface area contributed by atoms with Crippen molar-refractivity contribution >= 4 is 112 Å². The van der Waals surface area contributed by atoms with Crippen molar-refractivity contribution in [2.24, 2.45) is 0 Å². The number of fused-ring (bicyclic) bond motifs is 9. The first-order valence-electron chi connectivity index (χ1n) is 32.2. The Morgan fingerprint density at radius 3 is 1.12 bits per heavy atom. The first-order valence-corrected chi connectivity index (χ1v) is 36.8. The highest BCUT2D eigenvalue weighted by molar-refractivity contribution is 7.49. The van der Waals surface area contributed by atoms with Crippen LogP contribution < -0.4 is 24.2 Å². The molecule has 2 amide bonds. The van der Waals surface area contributed by atoms with E-state index in [1.165, 1.54) is 0 Å². The largest absolute Gasteiger partial charge is 0.530 e. The molecule has 10 aromatic rings. The zero-order valence-corrected chi connectivity index (χ0v) is 59.3. The number of phosphoric acid groups is 2. The number of hydrogen-bond donors (Lipinski definition) is 2. The number of phenolic OH excluding ortho intramolecular Hbond substituents is 1. The van der Waals surface area contributed by atoms with Crippen LogP contribution in [0.15, 0.2) is 212 Å². The van der Waals surface area contributed by atoms with E-state index >= 15 is 0 Å². The maximum Gasteiger partial charge on any atom is 0.530 e. The van der Waals surface area contributed by atoms with E-state index in [1.54, 1.807) is 21.9 Å². The van der Waals surface area contributed by atoms with Crippen molar-refractivity contribution < 1.29 is 60.4 Å². The van der Waals surface area contributed by atoms with Gasteiger partial charge in [0.15, 0.2) is 0 Å². The molecule has 21 heteroatoms. The molecular formula is C77H78Cl3N3O13P2. The Morgan fingerprint density at radius 1 is 0.439 bits per heavy atom. The van der Waals surface area contributed by atoms with Crippen LogP contribution in [0.3, 0.4) is 0 Å². The van der Waals surface area contributed by atoms with Crippen molar-refractivity contribution in [1.82, 2.24) is 0 Å². The van der Waals surface area contributed by atoms with Crippen LogP contribution in [0.5, 0.6) is 17.2 Å². The molecule has 0 unspecified atom stereocenters. The summed E-state index contributed by atoms with van der Waals surface area (Å²) in [4.78, 5) is 28.9. The lowest BCUT2D eigenvalue weighted by Gasteiger charge is -2.25. The molecule has 0 spiro atoms. The second kappa shape index (κ2) is 31.4. The van der Waals surface area contributed by atoms with Crippen LogP contribution in [-0.4, -0.2) is 65.8 Å². The quantitative estimate of drug-likeness (QED) is 0.0576. The molecule has 0 saturated heterocycles. The summed E-state index contributed by atoms with van der Waals surface area (Å²) >= 11 is 18.8. The first kappa shape index (κ1) is 71.2. The van der Waals surface area contributed by atoms with Gasteiger partial charge in [0.2, 0.25) is 0 Å². The molecule has 3 atom stereocenters. The van der Waals surface area contributed by atoms with Gasteiger partial charge in [-0.2, -0.15) is 0 Å². The average molecular weight is 1420 g/mol. The summed E-state index contributed by atoms with van der Waals surface area (Å²) in [6.07, 6.45) is -0.905. The van der Waals surface area contributed by atoms with E-state index in [4.69, 9.17) is 71.4 Å². The SMILES string of the molecule is CC(C)(C)OC(=O)N1C[C@@H](CCl)c2c1cc(O)c1ccccc21.CC(C)(C)OC(=O)N1C[C@@H](CCl)c2c1cc(OP(=O)(OCc1ccccc1)OCc1ccccc1)c1ccccc21.O=P(OCc1ccccc1)(OCc1ccccc1)Oc1cc2c(c3ccccc13)[C@H](CCl)CN2. The van der Waals surface area contributed by atoms with Gasteiger partial charge >= 0.3 is 27.8 Å². The number of phenols is 1. The van der Waals surface area contributed by atoms with Gasteiger partial charge in [0, 0.05) is 95.1 Å². The number of nitrogens with one attached hydrogen (secondary N) is 1. The van der Waals surface area contributed by atoms with Crippen LogP contribution in [0, 0.1) is 0 Å². The van der Waals surface area contributed by atoms with Crippen LogP contribution in [0.1, 0.15) is 98.2 Å². The van der Waals surface area contributed by atoms with Gasteiger partial charge in [0.05, 0.1) is 37.8 Å². The molecule has 16 nitrogen and oxygen atoms in total. The van der Waals surface area contributed by atoms with E-state index in [2.05, 4.69) is 5.32 Å². The Kier molecular flexibility index (Phi) is 22.8. The number of benzene rings is 10. The molecule has 0 aromatic heterocycles. The Hall–Kier alpha value is -8.11. The minimum atomic E-state index is -4.16. The summed E-state index contributed by atoms with van der Waals surface area (Å²) in [7, 11) is -8.14. The second-order valence-electron chi connectivity index (χ2n) is 25.8. The van der Waals surface area contributed by atoms with Crippen molar-refractivity contribution in [1.29, 1.82) is 0 Å². The number of alkyl halides is 3. The summed E-state index contributed by atoms with van der Waals surface area (Å²) in [5.74, 6) is 2.21. The maximum atomic E-state index is 14.2. The summed E-state index contributed by atoms with van der Waals surface area (Å²) in [6, 6.07) is 66.2. The highest BCUT2D eigenvalue weighted by Crippen LogP contribution is 2.57. The van der Waals surface area contributed by atoms with Gasteiger partial charge in [0.1, 0.15) is 28.5 Å². The standard InChI is InChI=1S/C32H33ClNO6P.C27H25ClNO4P.C18H20ClNO3/c1-32(2,3)39-31(35)34-20-25(19-33)30-27-17-11-10-16-26(27)29(18-28(30)34)40-41(36,37-21-23-12-6-4-7-13-23)38-22-24-14-8-5-9-15-24;28-16-22-17-29-25-15-26(23-13-7-8-14-24(23)27(22)25)33-34(30,31-18-20-9-3-1-4-10-20)32-19-21-11-5-2-6-12-21;1-18(2,3)23-17(22)20-10-11(9-19)16-13-7-5-4-6-12(13)15(21)8-14(16)20/h4-18,25H,19-22H2,1-3H3;1-15,22,29H,16-19H2;4-8,11,21H,9-10H2,1-3H3/t25-;22-;11-/m111/s1. The average Bonchev–Trinajstić information content (AvgIpc) is 1.55. The molecule has 3 aliphatic rings. The Morgan fingerprint density at radius 2 is 0.755 bits per heavy atom. The molecular weight excluding hydrogens is 1340 g/mol. The van der Waals surface area contributed by atoms with E-state index in [9.17, 15) is 23.8 Å². The normalized spacial score (nSPS) is 15.7. The van der Waals surface area contributed by atoms with Crippen molar-refractivity contribution in [2.75, 3.05) is 52.4 Å². The van der Waals surface area contributed by atoms with E-state index in [0.717, 1.165) is 78.1 Å².